The van der Waals surface area contributed by atoms with Crippen LogP contribution in [0.5, 0.6) is 0 Å². The van der Waals surface area contributed by atoms with Gasteiger partial charge < -0.3 is 9.88 Å². The molecule has 2 aromatic rings. The second-order valence-corrected chi connectivity index (χ2v) is 7.14. The average Bonchev–Trinajstić information content (AvgIpc) is 2.82. The summed E-state index contributed by atoms with van der Waals surface area (Å²) in [6.45, 7) is 0.618. The Morgan fingerprint density at radius 2 is 2.00 bits per heavy atom. The number of aryl methyl sites for hydroxylation is 1. The van der Waals surface area contributed by atoms with Gasteiger partial charge in [0.15, 0.2) is 0 Å². The Bertz CT molecular complexity index is 724. The topological polar surface area (TPSA) is 63.1 Å². The predicted molar refractivity (Wildman–Crippen MR) is 87.2 cm³/mol. The maximum Gasteiger partial charge on any atom is 0.263 e. The smallest absolute Gasteiger partial charge is 0.263 e. The molecule has 0 unspecified atom stereocenters. The molecule has 0 amide bonds. The maximum atomic E-state index is 12.5. The number of sulfonamides is 1. The first-order valence-corrected chi connectivity index (χ1v) is 9.14. The Kier molecular flexibility index (Phi) is 4.97. The highest BCUT2D eigenvalue weighted by molar-refractivity contribution is 7.99. The molecule has 5 nitrogen and oxygen atoms in total. The average molecular weight is 325 g/mol. The number of para-hydroxylation sites is 1. The Morgan fingerprint density at radius 3 is 2.67 bits per heavy atom. The maximum absolute atomic E-state index is 12.5. The van der Waals surface area contributed by atoms with Crippen molar-refractivity contribution in [3.05, 3.63) is 42.2 Å². The normalized spacial score (nSPS) is 11.6. The van der Waals surface area contributed by atoms with Gasteiger partial charge in [-0.25, -0.2) is 8.42 Å². The van der Waals surface area contributed by atoms with E-state index < -0.39 is 10.0 Å². The van der Waals surface area contributed by atoms with Crippen molar-refractivity contribution in [3.8, 4) is 0 Å². The highest BCUT2D eigenvalue weighted by Crippen LogP contribution is 2.27. The van der Waals surface area contributed by atoms with Gasteiger partial charge in [0.25, 0.3) is 10.0 Å². The molecular formula is C14H19N3O2S2. The predicted octanol–water partition coefficient (Wildman–Crippen LogP) is 2.27. The van der Waals surface area contributed by atoms with Gasteiger partial charge in [-0.05, 0) is 31.5 Å². The summed E-state index contributed by atoms with van der Waals surface area (Å²) in [6, 6.07) is 9.04. The fourth-order valence-corrected chi connectivity index (χ4v) is 3.81. The molecule has 0 spiro atoms. The van der Waals surface area contributed by atoms with Gasteiger partial charge >= 0.3 is 0 Å². The first kappa shape index (κ1) is 15.9. The lowest BCUT2D eigenvalue weighted by atomic mass is 10.3. The second-order valence-electron chi connectivity index (χ2n) is 4.61. The van der Waals surface area contributed by atoms with E-state index in [0.717, 1.165) is 10.6 Å². The van der Waals surface area contributed by atoms with Crippen molar-refractivity contribution < 1.29 is 8.42 Å². The molecule has 1 aromatic carbocycles. The van der Waals surface area contributed by atoms with Crippen LogP contribution in [0.25, 0.3) is 0 Å². The quantitative estimate of drug-likeness (QED) is 0.800. The van der Waals surface area contributed by atoms with Gasteiger partial charge in [0, 0.05) is 30.4 Å². The summed E-state index contributed by atoms with van der Waals surface area (Å²) in [5.74, 6) is 0. The number of benzene rings is 1. The molecule has 2 N–H and O–H groups in total. The molecule has 1 aromatic heterocycles. The van der Waals surface area contributed by atoms with Crippen LogP contribution in [0.3, 0.4) is 0 Å². The van der Waals surface area contributed by atoms with Gasteiger partial charge in [-0.1, -0.05) is 12.1 Å². The van der Waals surface area contributed by atoms with Crippen molar-refractivity contribution >= 4 is 27.5 Å². The number of anilines is 1. The molecule has 21 heavy (non-hydrogen) atoms. The molecule has 0 saturated carbocycles. The van der Waals surface area contributed by atoms with Gasteiger partial charge in [0.2, 0.25) is 0 Å². The number of nitrogens with zero attached hydrogens (tertiary/aromatic N) is 1. The summed E-state index contributed by atoms with van der Waals surface area (Å²) in [6.07, 6.45) is 3.54. The summed E-state index contributed by atoms with van der Waals surface area (Å²) in [4.78, 5) is 1.17. The van der Waals surface area contributed by atoms with E-state index >= 15 is 0 Å². The first-order chi connectivity index (χ1) is 9.97. The Hall–Kier alpha value is -1.44. The van der Waals surface area contributed by atoms with Crippen LogP contribution in [0.15, 0.2) is 46.3 Å². The lowest BCUT2D eigenvalue weighted by molar-refractivity contribution is 0.601. The third-order valence-corrected chi connectivity index (χ3v) is 5.23. The zero-order valence-electron chi connectivity index (χ0n) is 12.3. The number of nitrogens with one attached hydrogen (secondary N) is 2. The van der Waals surface area contributed by atoms with E-state index in [-0.39, 0.29) is 4.90 Å². The molecule has 0 atom stereocenters. The zero-order valence-corrected chi connectivity index (χ0v) is 13.9. The van der Waals surface area contributed by atoms with Crippen LogP contribution >= 0.6 is 11.8 Å². The molecule has 1 heterocycles. The number of hydrogen-bond acceptors (Lipinski definition) is 4. The van der Waals surface area contributed by atoms with Crippen molar-refractivity contribution in [2.75, 3.05) is 18.0 Å². The van der Waals surface area contributed by atoms with Gasteiger partial charge in [0.1, 0.15) is 4.90 Å². The minimum Gasteiger partial charge on any atom is -0.352 e. The molecule has 0 radical (unpaired) electrons. The van der Waals surface area contributed by atoms with Gasteiger partial charge in [0.05, 0.1) is 5.69 Å². The van der Waals surface area contributed by atoms with Crippen LogP contribution in [0.2, 0.25) is 0 Å². The summed E-state index contributed by atoms with van der Waals surface area (Å²) < 4.78 is 29.4. The molecule has 114 valence electrons. The number of thioether (sulfide) groups is 1. The van der Waals surface area contributed by atoms with Crippen LogP contribution in [-0.4, -0.2) is 26.3 Å². The lowest BCUT2D eigenvalue weighted by Gasteiger charge is -2.09. The third-order valence-electron chi connectivity index (χ3n) is 3.10. The van der Waals surface area contributed by atoms with Crippen molar-refractivity contribution in [2.45, 2.75) is 16.3 Å². The van der Waals surface area contributed by atoms with Crippen LogP contribution in [0.1, 0.15) is 5.69 Å². The summed E-state index contributed by atoms with van der Waals surface area (Å²) >= 11 is 1.51. The summed E-state index contributed by atoms with van der Waals surface area (Å²) in [5.41, 5.74) is 1.51. The monoisotopic (exact) mass is 325 g/mol. The molecular weight excluding hydrogens is 306 g/mol. The molecule has 0 saturated heterocycles. The minimum absolute atomic E-state index is 0.270. The Labute approximate surface area is 129 Å². The zero-order chi connectivity index (χ0) is 15.5. The van der Waals surface area contributed by atoms with Gasteiger partial charge in [-0.15, -0.1) is 11.8 Å². The first-order valence-electron chi connectivity index (χ1n) is 6.43. The summed E-state index contributed by atoms with van der Waals surface area (Å²) in [7, 11) is 0.0845. The van der Waals surface area contributed by atoms with Crippen LogP contribution in [0.4, 0.5) is 5.69 Å². The van der Waals surface area contributed by atoms with Crippen molar-refractivity contribution in [2.24, 2.45) is 7.05 Å². The van der Waals surface area contributed by atoms with E-state index in [1.165, 1.54) is 11.8 Å². The molecule has 0 bridgehead atoms. The largest absolute Gasteiger partial charge is 0.352 e. The van der Waals surface area contributed by atoms with Gasteiger partial charge in [-0.3, -0.25) is 4.72 Å². The molecule has 2 rings (SSSR count). The fourth-order valence-electron chi connectivity index (χ4n) is 2.01. The van der Waals surface area contributed by atoms with Crippen molar-refractivity contribution in [1.82, 2.24) is 9.88 Å². The Morgan fingerprint density at radius 1 is 1.29 bits per heavy atom. The van der Waals surface area contributed by atoms with Crippen LogP contribution in [0, 0.1) is 0 Å². The van der Waals surface area contributed by atoms with Crippen molar-refractivity contribution in [3.63, 3.8) is 0 Å². The molecule has 7 heteroatoms. The van der Waals surface area contributed by atoms with E-state index in [9.17, 15) is 8.42 Å². The van der Waals surface area contributed by atoms with Crippen molar-refractivity contribution in [1.29, 1.82) is 0 Å². The molecule has 0 fully saturated rings. The van der Waals surface area contributed by atoms with E-state index in [2.05, 4.69) is 10.0 Å². The lowest BCUT2D eigenvalue weighted by Crippen LogP contribution is -2.12. The van der Waals surface area contributed by atoms with E-state index in [0.29, 0.717) is 12.2 Å². The third kappa shape index (κ3) is 3.61. The van der Waals surface area contributed by atoms with Gasteiger partial charge in [-0.2, -0.15) is 0 Å². The van der Waals surface area contributed by atoms with Crippen LogP contribution in [-0.2, 0) is 23.6 Å². The van der Waals surface area contributed by atoms with Crippen LogP contribution < -0.4 is 10.0 Å². The Balaban J connectivity index is 2.32. The number of hydrogen-bond donors (Lipinski definition) is 2. The fraction of sp³-hybridized carbons (Fsp3) is 0.286. The minimum atomic E-state index is -3.58. The highest BCUT2D eigenvalue weighted by atomic mass is 32.2. The summed E-state index contributed by atoms with van der Waals surface area (Å²) in [5, 5.41) is 3.02. The highest BCUT2D eigenvalue weighted by Gasteiger charge is 2.18. The number of rotatable bonds is 6. The van der Waals surface area contributed by atoms with E-state index in [4.69, 9.17) is 0 Å². The number of aromatic nitrogens is 1. The molecule has 0 aliphatic heterocycles. The SMILES string of the molecule is CNCc1cc(S(=O)(=O)Nc2ccccc2SC)cn1C. The van der Waals surface area contributed by atoms with E-state index in [1.54, 1.807) is 18.3 Å². The molecule has 0 aliphatic rings. The standard InChI is InChI=1S/C14H19N3O2S2/c1-15-9-11-8-12(10-17(11)2)21(18,19)16-13-6-4-5-7-14(13)20-3/h4-8,10,15-16H,9H2,1-3H3. The van der Waals surface area contributed by atoms with E-state index in [1.807, 2.05) is 43.1 Å². The molecule has 0 aliphatic carbocycles. The second kappa shape index (κ2) is 6.55.